The highest BCUT2D eigenvalue weighted by molar-refractivity contribution is 8.00. The van der Waals surface area contributed by atoms with E-state index in [9.17, 15) is 4.39 Å². The summed E-state index contributed by atoms with van der Waals surface area (Å²) >= 11 is 1.54. The van der Waals surface area contributed by atoms with Gasteiger partial charge in [-0.05, 0) is 24.6 Å². The highest BCUT2D eigenvalue weighted by Gasteiger charge is 2.14. The second-order valence-electron chi connectivity index (χ2n) is 6.71. The van der Waals surface area contributed by atoms with Crippen molar-refractivity contribution in [3.63, 3.8) is 0 Å². The monoisotopic (exact) mass is 414 g/mol. The Morgan fingerprint density at radius 2 is 2.00 bits per heavy atom. The molecule has 1 N–H and O–H groups in total. The quantitative estimate of drug-likeness (QED) is 0.437. The topological polar surface area (TPSA) is 59.5 Å². The number of fused-ring (bicyclic) bond motifs is 1. The molecule has 6 nitrogen and oxygen atoms in total. The third-order valence-corrected chi connectivity index (χ3v) is 5.43. The van der Waals surface area contributed by atoms with Crippen molar-refractivity contribution < 1.29 is 13.9 Å². The van der Waals surface area contributed by atoms with Gasteiger partial charge in [0.25, 0.3) is 0 Å². The molecule has 0 radical (unpaired) electrons. The van der Waals surface area contributed by atoms with E-state index in [1.54, 1.807) is 24.2 Å². The lowest BCUT2D eigenvalue weighted by atomic mass is 10.2. The van der Waals surface area contributed by atoms with E-state index in [0.29, 0.717) is 30.4 Å². The van der Waals surface area contributed by atoms with E-state index in [4.69, 9.17) is 14.5 Å². The molecule has 0 amide bonds. The Labute approximate surface area is 173 Å². The molecule has 0 aliphatic carbocycles. The first-order valence-electron chi connectivity index (χ1n) is 9.67. The maximum Gasteiger partial charge on any atom is 0.148 e. The zero-order chi connectivity index (χ0) is 20.1. The van der Waals surface area contributed by atoms with Crippen LogP contribution in [0.25, 0.3) is 11.0 Å². The molecule has 1 aromatic heterocycles. The van der Waals surface area contributed by atoms with Crippen molar-refractivity contribution >= 4 is 34.5 Å². The number of anilines is 2. The van der Waals surface area contributed by atoms with Crippen LogP contribution < -0.4 is 14.4 Å². The average molecular weight is 415 g/mol. The molecule has 0 bridgehead atoms. The van der Waals surface area contributed by atoms with Gasteiger partial charge in [0, 0.05) is 37.0 Å². The highest BCUT2D eigenvalue weighted by atomic mass is 32.2. The Hall–Kier alpha value is -2.58. The first-order valence-corrected chi connectivity index (χ1v) is 10.7. The lowest BCUT2D eigenvalue weighted by Gasteiger charge is -2.27. The molecule has 1 aliphatic heterocycles. The van der Waals surface area contributed by atoms with Crippen LogP contribution in [0.1, 0.15) is 13.3 Å². The van der Waals surface area contributed by atoms with Crippen molar-refractivity contribution in [2.75, 3.05) is 41.7 Å². The van der Waals surface area contributed by atoms with Crippen LogP contribution in [-0.2, 0) is 4.74 Å². The number of aromatic nitrogens is 2. The summed E-state index contributed by atoms with van der Waals surface area (Å²) in [6, 6.07) is 10.1. The number of halogens is 1. The minimum absolute atomic E-state index is 0.350. The second-order valence-corrected chi connectivity index (χ2v) is 7.61. The van der Waals surface area contributed by atoms with Gasteiger partial charge >= 0.3 is 0 Å². The summed E-state index contributed by atoms with van der Waals surface area (Å²) in [7, 11) is 0. The SMILES string of the molecule is CCCSNc1cc(F)cc(Oc2ccc3ncc(N4CCOCC4)nc3c2)c1. The molecule has 1 aliphatic rings. The lowest BCUT2D eigenvalue weighted by Crippen LogP contribution is -2.36. The van der Waals surface area contributed by atoms with E-state index in [-0.39, 0.29) is 5.82 Å². The predicted octanol–water partition coefficient (Wildman–Crippen LogP) is 4.87. The molecule has 0 atom stereocenters. The van der Waals surface area contributed by atoms with E-state index in [2.05, 4.69) is 21.5 Å². The van der Waals surface area contributed by atoms with Gasteiger partial charge in [-0.25, -0.2) is 9.37 Å². The third-order valence-electron chi connectivity index (χ3n) is 4.44. The molecule has 1 saturated heterocycles. The highest BCUT2D eigenvalue weighted by Crippen LogP contribution is 2.29. The van der Waals surface area contributed by atoms with Crippen LogP contribution in [0.5, 0.6) is 11.5 Å². The van der Waals surface area contributed by atoms with Crippen molar-refractivity contribution in [3.05, 3.63) is 48.4 Å². The number of benzene rings is 2. The summed E-state index contributed by atoms with van der Waals surface area (Å²) < 4.78 is 28.4. The van der Waals surface area contributed by atoms with Crippen LogP contribution in [0.3, 0.4) is 0 Å². The molecule has 152 valence electrons. The van der Waals surface area contributed by atoms with Crippen molar-refractivity contribution in [1.82, 2.24) is 9.97 Å². The third kappa shape index (κ3) is 5.07. The average Bonchev–Trinajstić information content (AvgIpc) is 2.74. The summed E-state index contributed by atoms with van der Waals surface area (Å²) in [5.74, 6) is 2.44. The molecule has 2 heterocycles. The van der Waals surface area contributed by atoms with Crippen LogP contribution in [0.15, 0.2) is 42.6 Å². The van der Waals surface area contributed by atoms with Crippen molar-refractivity contribution in [1.29, 1.82) is 0 Å². The van der Waals surface area contributed by atoms with Gasteiger partial charge in [-0.15, -0.1) is 0 Å². The summed E-state index contributed by atoms with van der Waals surface area (Å²) in [4.78, 5) is 11.4. The van der Waals surface area contributed by atoms with Gasteiger partial charge < -0.3 is 19.1 Å². The number of hydrogen-bond donors (Lipinski definition) is 1. The first-order chi connectivity index (χ1) is 14.2. The van der Waals surface area contributed by atoms with E-state index in [1.807, 2.05) is 18.2 Å². The zero-order valence-electron chi connectivity index (χ0n) is 16.2. The summed E-state index contributed by atoms with van der Waals surface area (Å²) in [5, 5.41) is 0. The number of morpholine rings is 1. The van der Waals surface area contributed by atoms with Crippen LogP contribution in [0.4, 0.5) is 15.9 Å². The van der Waals surface area contributed by atoms with Gasteiger partial charge in [-0.1, -0.05) is 18.9 Å². The Bertz CT molecular complexity index is 982. The molecule has 29 heavy (non-hydrogen) atoms. The van der Waals surface area contributed by atoms with Gasteiger partial charge in [0.15, 0.2) is 0 Å². The van der Waals surface area contributed by atoms with Gasteiger partial charge in [0.1, 0.15) is 23.1 Å². The Morgan fingerprint density at radius 1 is 1.14 bits per heavy atom. The second kappa shape index (κ2) is 9.28. The molecule has 3 aromatic rings. The van der Waals surface area contributed by atoms with Crippen LogP contribution in [0.2, 0.25) is 0 Å². The number of nitrogens with one attached hydrogen (secondary N) is 1. The lowest BCUT2D eigenvalue weighted by molar-refractivity contribution is 0.122. The maximum absolute atomic E-state index is 14.0. The molecule has 8 heteroatoms. The number of rotatable bonds is 7. The predicted molar refractivity (Wildman–Crippen MR) is 115 cm³/mol. The standard InChI is InChI=1S/C21H23FN4O2S/c1-2-9-29-25-16-10-15(22)11-18(12-16)28-17-3-4-19-20(13-17)24-21(14-23-19)26-5-7-27-8-6-26/h3-4,10-14,25H,2,5-9H2,1H3. The van der Waals surface area contributed by atoms with E-state index < -0.39 is 0 Å². The summed E-state index contributed by atoms with van der Waals surface area (Å²) in [5.41, 5.74) is 2.19. The zero-order valence-corrected chi connectivity index (χ0v) is 17.0. The van der Waals surface area contributed by atoms with Gasteiger partial charge in [-0.3, -0.25) is 4.98 Å². The smallest absolute Gasteiger partial charge is 0.148 e. The minimum atomic E-state index is -0.350. The number of ether oxygens (including phenoxy) is 2. The normalized spacial score (nSPS) is 14.2. The van der Waals surface area contributed by atoms with Crippen LogP contribution in [-0.4, -0.2) is 42.0 Å². The maximum atomic E-state index is 14.0. The first kappa shape index (κ1) is 19.7. The van der Waals surface area contributed by atoms with Crippen molar-refractivity contribution in [3.8, 4) is 11.5 Å². The number of nitrogens with zero attached hydrogens (tertiary/aromatic N) is 3. The minimum Gasteiger partial charge on any atom is -0.457 e. The fourth-order valence-electron chi connectivity index (χ4n) is 3.04. The fourth-order valence-corrected chi connectivity index (χ4v) is 3.63. The molecular weight excluding hydrogens is 391 g/mol. The largest absolute Gasteiger partial charge is 0.457 e. The van der Waals surface area contributed by atoms with Gasteiger partial charge in [0.2, 0.25) is 0 Å². The van der Waals surface area contributed by atoms with E-state index in [0.717, 1.165) is 42.1 Å². The van der Waals surface area contributed by atoms with Crippen LogP contribution in [0, 0.1) is 5.82 Å². The molecule has 0 unspecified atom stereocenters. The summed E-state index contributed by atoms with van der Waals surface area (Å²) in [6.45, 7) is 5.07. The Morgan fingerprint density at radius 3 is 2.83 bits per heavy atom. The van der Waals surface area contributed by atoms with E-state index >= 15 is 0 Å². The van der Waals surface area contributed by atoms with Crippen molar-refractivity contribution in [2.45, 2.75) is 13.3 Å². The molecule has 4 rings (SSSR count). The van der Waals surface area contributed by atoms with E-state index in [1.165, 1.54) is 12.1 Å². The Balaban J connectivity index is 1.54. The van der Waals surface area contributed by atoms with Crippen LogP contribution >= 0.6 is 11.9 Å². The molecule has 0 saturated carbocycles. The molecule has 1 fully saturated rings. The Kier molecular flexibility index (Phi) is 6.31. The summed E-state index contributed by atoms with van der Waals surface area (Å²) in [6.07, 6.45) is 2.83. The molecule has 2 aromatic carbocycles. The van der Waals surface area contributed by atoms with Gasteiger partial charge in [-0.2, -0.15) is 0 Å². The molecular formula is C21H23FN4O2S. The fraction of sp³-hybridized carbons (Fsp3) is 0.333. The van der Waals surface area contributed by atoms with Gasteiger partial charge in [0.05, 0.1) is 36.1 Å². The van der Waals surface area contributed by atoms with Crippen molar-refractivity contribution in [2.24, 2.45) is 0 Å². The number of hydrogen-bond acceptors (Lipinski definition) is 7. The molecule has 0 spiro atoms.